The maximum Gasteiger partial charge on any atom is 0.220 e. The van der Waals surface area contributed by atoms with Gasteiger partial charge in [-0.15, -0.1) is 0 Å². The predicted molar refractivity (Wildman–Crippen MR) is 74.9 cm³/mol. The lowest BCUT2D eigenvalue weighted by atomic mass is 9.71. The molecule has 2 aliphatic heterocycles. The Hall–Kier alpha value is -1.30. The van der Waals surface area contributed by atoms with Gasteiger partial charge in [0.1, 0.15) is 5.82 Å². The van der Waals surface area contributed by atoms with E-state index in [1.165, 1.54) is 0 Å². The Balaban J connectivity index is 1.66. The lowest BCUT2D eigenvalue weighted by molar-refractivity contribution is -0.119. The van der Waals surface area contributed by atoms with Gasteiger partial charge in [-0.05, 0) is 24.7 Å². The number of allylic oxidation sites excluding steroid dienone is 1. The second-order valence-electron chi connectivity index (χ2n) is 5.87. The zero-order valence-corrected chi connectivity index (χ0v) is 11.8. The first-order valence-electron chi connectivity index (χ1n) is 6.93. The molecule has 0 aromatic carbocycles. The maximum atomic E-state index is 13.7. The molecule has 1 saturated heterocycles. The van der Waals surface area contributed by atoms with Crippen molar-refractivity contribution in [1.82, 2.24) is 16.0 Å². The SMILES string of the molecule is O=C1CC2(CCC[C@H](NC3=C(F)C=NC(Cl)N3)C2)CN1. The molecule has 1 aliphatic carbocycles. The minimum Gasteiger partial charge on any atom is -0.367 e. The fraction of sp³-hybridized carbons (Fsp3) is 0.692. The summed E-state index contributed by atoms with van der Waals surface area (Å²) in [7, 11) is 0. The molecule has 1 amide bonds. The molecule has 1 spiro atoms. The minimum absolute atomic E-state index is 0.0349. The summed E-state index contributed by atoms with van der Waals surface area (Å²) in [4.78, 5) is 15.2. The predicted octanol–water partition coefficient (Wildman–Crippen LogP) is 1.36. The molecule has 2 unspecified atom stereocenters. The molecule has 2 heterocycles. The standard InChI is InChI=1S/C13H18ClFN4O/c14-12-16-6-9(15)11(19-12)18-8-2-1-3-13(4-8)5-10(20)17-7-13/h6,8,12,18-19H,1-5,7H2,(H,17,20)/t8-,12?,13?/m0/s1. The number of hydrogen-bond donors (Lipinski definition) is 3. The Morgan fingerprint density at radius 1 is 1.55 bits per heavy atom. The quantitative estimate of drug-likeness (QED) is 0.533. The fourth-order valence-electron chi connectivity index (χ4n) is 3.38. The third kappa shape index (κ3) is 2.75. The monoisotopic (exact) mass is 300 g/mol. The fourth-order valence-corrected chi connectivity index (χ4v) is 3.55. The number of aliphatic imine (C=N–C) groups is 1. The first-order valence-corrected chi connectivity index (χ1v) is 7.37. The molecule has 20 heavy (non-hydrogen) atoms. The van der Waals surface area contributed by atoms with Gasteiger partial charge in [0.05, 0.1) is 6.21 Å². The lowest BCUT2D eigenvalue weighted by Gasteiger charge is -2.38. The van der Waals surface area contributed by atoms with Crippen LogP contribution >= 0.6 is 11.6 Å². The molecule has 7 heteroatoms. The van der Waals surface area contributed by atoms with Crippen LogP contribution in [-0.4, -0.2) is 30.3 Å². The van der Waals surface area contributed by atoms with E-state index >= 15 is 0 Å². The Labute approximate surface area is 122 Å². The van der Waals surface area contributed by atoms with Gasteiger partial charge in [-0.3, -0.25) is 4.79 Å². The Bertz CT molecular complexity index is 481. The van der Waals surface area contributed by atoms with Gasteiger partial charge in [0.15, 0.2) is 11.5 Å². The number of nitrogens with zero attached hydrogens (tertiary/aromatic N) is 1. The highest BCUT2D eigenvalue weighted by molar-refractivity contribution is 6.21. The number of alkyl halides is 1. The zero-order chi connectivity index (χ0) is 14.2. The van der Waals surface area contributed by atoms with Crippen LogP contribution in [0.3, 0.4) is 0 Å². The van der Waals surface area contributed by atoms with Crippen molar-refractivity contribution in [2.45, 2.75) is 43.8 Å². The number of nitrogens with one attached hydrogen (secondary N) is 3. The van der Waals surface area contributed by atoms with Gasteiger partial charge >= 0.3 is 0 Å². The van der Waals surface area contributed by atoms with Gasteiger partial charge in [0.25, 0.3) is 0 Å². The van der Waals surface area contributed by atoms with Crippen LogP contribution in [0, 0.1) is 5.41 Å². The van der Waals surface area contributed by atoms with Crippen molar-refractivity contribution in [2.24, 2.45) is 10.4 Å². The van der Waals surface area contributed by atoms with E-state index in [1.54, 1.807) is 0 Å². The highest BCUT2D eigenvalue weighted by Crippen LogP contribution is 2.41. The summed E-state index contributed by atoms with van der Waals surface area (Å²) in [5, 5.41) is 8.87. The summed E-state index contributed by atoms with van der Waals surface area (Å²) >= 11 is 5.83. The zero-order valence-electron chi connectivity index (χ0n) is 11.1. The molecule has 3 atom stereocenters. The Morgan fingerprint density at radius 2 is 2.40 bits per heavy atom. The van der Waals surface area contributed by atoms with E-state index in [1.807, 2.05) is 0 Å². The first-order chi connectivity index (χ1) is 9.56. The summed E-state index contributed by atoms with van der Waals surface area (Å²) in [6, 6.07) is 0.153. The van der Waals surface area contributed by atoms with Crippen molar-refractivity contribution in [3.63, 3.8) is 0 Å². The highest BCUT2D eigenvalue weighted by atomic mass is 35.5. The molecule has 0 bridgehead atoms. The number of amides is 1. The van der Waals surface area contributed by atoms with Crippen molar-refractivity contribution in [3.05, 3.63) is 11.6 Å². The van der Waals surface area contributed by atoms with Crippen LogP contribution < -0.4 is 16.0 Å². The molecular formula is C13H18ClFN4O. The molecule has 1 saturated carbocycles. The van der Waals surface area contributed by atoms with Crippen molar-refractivity contribution >= 4 is 23.7 Å². The molecule has 0 aromatic heterocycles. The average molecular weight is 301 g/mol. The third-order valence-corrected chi connectivity index (χ3v) is 4.53. The molecule has 5 nitrogen and oxygen atoms in total. The van der Waals surface area contributed by atoms with Gasteiger partial charge < -0.3 is 16.0 Å². The van der Waals surface area contributed by atoms with Crippen LogP contribution in [0.5, 0.6) is 0 Å². The van der Waals surface area contributed by atoms with E-state index < -0.39 is 11.5 Å². The molecule has 0 radical (unpaired) electrons. The smallest absolute Gasteiger partial charge is 0.220 e. The first kappa shape index (κ1) is 13.7. The maximum absolute atomic E-state index is 13.7. The van der Waals surface area contributed by atoms with E-state index in [4.69, 9.17) is 11.6 Å². The van der Waals surface area contributed by atoms with Crippen LogP contribution in [-0.2, 0) is 4.79 Å². The van der Waals surface area contributed by atoms with Gasteiger partial charge in [0.2, 0.25) is 5.91 Å². The van der Waals surface area contributed by atoms with Gasteiger partial charge in [0, 0.05) is 19.0 Å². The number of hydrogen-bond acceptors (Lipinski definition) is 4. The van der Waals surface area contributed by atoms with E-state index in [0.29, 0.717) is 12.2 Å². The number of carbonyl (C=O) groups is 1. The van der Waals surface area contributed by atoms with Crippen molar-refractivity contribution < 1.29 is 9.18 Å². The summed E-state index contributed by atoms with van der Waals surface area (Å²) in [6.45, 7) is 0.735. The highest BCUT2D eigenvalue weighted by Gasteiger charge is 2.42. The molecule has 3 aliphatic rings. The topological polar surface area (TPSA) is 65.5 Å². The summed E-state index contributed by atoms with van der Waals surface area (Å²) in [5.41, 5.74) is -0.600. The third-order valence-electron chi connectivity index (χ3n) is 4.30. The van der Waals surface area contributed by atoms with Crippen LogP contribution in [0.15, 0.2) is 16.6 Å². The normalized spacial score (nSPS) is 37.0. The van der Waals surface area contributed by atoms with E-state index in [-0.39, 0.29) is 17.4 Å². The van der Waals surface area contributed by atoms with Crippen LogP contribution in [0.4, 0.5) is 4.39 Å². The molecule has 110 valence electrons. The van der Waals surface area contributed by atoms with E-state index in [0.717, 1.165) is 38.4 Å². The van der Waals surface area contributed by atoms with Gasteiger partial charge in [-0.25, -0.2) is 9.38 Å². The second kappa shape index (κ2) is 5.24. The molecule has 0 aromatic rings. The molecule has 2 fully saturated rings. The summed E-state index contributed by atoms with van der Waals surface area (Å²) < 4.78 is 13.7. The summed E-state index contributed by atoms with van der Waals surface area (Å²) in [5.74, 6) is 0.00118. The van der Waals surface area contributed by atoms with Gasteiger partial charge in [-0.1, -0.05) is 18.0 Å². The number of carbonyl (C=O) groups excluding carboxylic acids is 1. The molecule has 3 rings (SSSR count). The number of halogens is 2. The Kier molecular flexibility index (Phi) is 3.58. The second-order valence-corrected chi connectivity index (χ2v) is 6.29. The largest absolute Gasteiger partial charge is 0.367 e. The Morgan fingerprint density at radius 3 is 3.15 bits per heavy atom. The minimum atomic E-state index is -0.635. The van der Waals surface area contributed by atoms with Crippen molar-refractivity contribution in [1.29, 1.82) is 0 Å². The lowest BCUT2D eigenvalue weighted by Crippen LogP contribution is -2.45. The van der Waals surface area contributed by atoms with Crippen LogP contribution in [0.25, 0.3) is 0 Å². The number of rotatable bonds is 2. The van der Waals surface area contributed by atoms with Crippen molar-refractivity contribution in [3.8, 4) is 0 Å². The van der Waals surface area contributed by atoms with Crippen LogP contribution in [0.2, 0.25) is 0 Å². The average Bonchev–Trinajstić information content (AvgIpc) is 2.75. The molecular weight excluding hydrogens is 283 g/mol. The summed E-state index contributed by atoms with van der Waals surface area (Å²) in [6.07, 6.45) is 5.65. The van der Waals surface area contributed by atoms with Crippen molar-refractivity contribution in [2.75, 3.05) is 6.54 Å². The van der Waals surface area contributed by atoms with Crippen LogP contribution in [0.1, 0.15) is 32.1 Å². The van der Waals surface area contributed by atoms with E-state index in [2.05, 4.69) is 20.9 Å². The van der Waals surface area contributed by atoms with E-state index in [9.17, 15) is 9.18 Å². The van der Waals surface area contributed by atoms with Gasteiger partial charge in [-0.2, -0.15) is 0 Å². The molecule has 3 N–H and O–H groups in total.